The summed E-state index contributed by atoms with van der Waals surface area (Å²) in [4.78, 5) is 29.4. The molecule has 154 valence electrons. The Morgan fingerprint density at radius 2 is 1.89 bits per heavy atom. The molecule has 0 aliphatic carbocycles. The van der Waals surface area contributed by atoms with Gasteiger partial charge in [0.05, 0.1) is 5.56 Å². The number of halogens is 2. The number of ether oxygens (including phenoxy) is 1. The van der Waals surface area contributed by atoms with Gasteiger partial charge in [-0.3, -0.25) is 9.59 Å². The molecule has 6 nitrogen and oxygen atoms in total. The van der Waals surface area contributed by atoms with Gasteiger partial charge >= 0.3 is 6.61 Å². The lowest BCUT2D eigenvalue weighted by Gasteiger charge is -2.35. The molecule has 0 radical (unpaired) electrons. The molecule has 28 heavy (non-hydrogen) atoms. The first kappa shape index (κ1) is 20.5. The minimum atomic E-state index is -3.01. The molecule has 1 N–H and O–H groups in total. The van der Waals surface area contributed by atoms with Crippen molar-refractivity contribution in [2.24, 2.45) is 5.92 Å². The first-order chi connectivity index (χ1) is 13.5. The average molecular weight is 395 g/mol. The predicted molar refractivity (Wildman–Crippen MR) is 100 cm³/mol. The van der Waals surface area contributed by atoms with Crippen LogP contribution in [-0.4, -0.2) is 67.5 Å². The third kappa shape index (κ3) is 4.60. The van der Waals surface area contributed by atoms with Crippen molar-refractivity contribution in [3.05, 3.63) is 29.8 Å². The van der Waals surface area contributed by atoms with E-state index in [9.17, 15) is 18.4 Å². The van der Waals surface area contributed by atoms with Gasteiger partial charge in [-0.05, 0) is 57.3 Å². The quantitative estimate of drug-likeness (QED) is 0.803. The molecule has 1 aromatic carbocycles. The monoisotopic (exact) mass is 395 g/mol. The first-order valence-corrected chi connectivity index (χ1v) is 9.79. The van der Waals surface area contributed by atoms with E-state index in [2.05, 4.69) is 10.1 Å². The van der Waals surface area contributed by atoms with Gasteiger partial charge in [-0.1, -0.05) is 12.1 Å². The van der Waals surface area contributed by atoms with Crippen molar-refractivity contribution in [1.29, 1.82) is 0 Å². The van der Waals surface area contributed by atoms with Gasteiger partial charge in [0.15, 0.2) is 0 Å². The molecule has 3 rings (SSSR count). The summed E-state index contributed by atoms with van der Waals surface area (Å²) in [6.45, 7) is -0.251. The molecule has 8 heteroatoms. The van der Waals surface area contributed by atoms with Crippen LogP contribution in [0.1, 0.15) is 36.0 Å². The Hall–Kier alpha value is -2.22. The van der Waals surface area contributed by atoms with Crippen molar-refractivity contribution in [1.82, 2.24) is 15.1 Å². The average Bonchev–Trinajstić information content (AvgIpc) is 3.17. The molecule has 0 bridgehead atoms. The van der Waals surface area contributed by atoms with E-state index in [4.69, 9.17) is 0 Å². The normalized spacial score (nSPS) is 20.6. The molecule has 2 saturated heterocycles. The number of amides is 2. The lowest BCUT2D eigenvalue weighted by atomic mass is 9.96. The maximum absolute atomic E-state index is 13.0. The molecule has 0 aromatic heterocycles. The smallest absolute Gasteiger partial charge is 0.387 e. The Balaban J connectivity index is 1.69. The zero-order valence-electron chi connectivity index (χ0n) is 16.1. The van der Waals surface area contributed by atoms with Gasteiger partial charge in [0.2, 0.25) is 5.91 Å². The van der Waals surface area contributed by atoms with Crippen molar-refractivity contribution in [2.75, 3.05) is 33.2 Å². The number of alkyl halides is 2. The molecule has 1 aromatic rings. The highest BCUT2D eigenvalue weighted by Crippen LogP contribution is 2.28. The highest BCUT2D eigenvalue weighted by molar-refractivity contribution is 6.00. The van der Waals surface area contributed by atoms with Gasteiger partial charge in [0.1, 0.15) is 11.8 Å². The van der Waals surface area contributed by atoms with E-state index in [1.54, 1.807) is 6.07 Å². The zero-order valence-corrected chi connectivity index (χ0v) is 16.1. The van der Waals surface area contributed by atoms with E-state index in [-0.39, 0.29) is 17.2 Å². The number of para-hydroxylation sites is 1. The summed E-state index contributed by atoms with van der Waals surface area (Å²) in [7, 11) is 1.93. The van der Waals surface area contributed by atoms with E-state index >= 15 is 0 Å². The third-order valence-electron chi connectivity index (χ3n) is 5.55. The van der Waals surface area contributed by atoms with Crippen molar-refractivity contribution < 1.29 is 23.1 Å². The number of nitrogens with one attached hydrogen (secondary N) is 1. The van der Waals surface area contributed by atoms with Crippen LogP contribution in [0.5, 0.6) is 5.75 Å². The number of hydrogen-bond acceptors (Lipinski definition) is 4. The van der Waals surface area contributed by atoms with Crippen LogP contribution in [0.25, 0.3) is 0 Å². The van der Waals surface area contributed by atoms with Gasteiger partial charge in [-0.15, -0.1) is 0 Å². The molecule has 0 spiro atoms. The summed E-state index contributed by atoms with van der Waals surface area (Å²) in [5.41, 5.74) is 0.0650. The largest absolute Gasteiger partial charge is 0.434 e. The van der Waals surface area contributed by atoms with Crippen LogP contribution < -0.4 is 10.1 Å². The Morgan fingerprint density at radius 3 is 2.57 bits per heavy atom. The Bertz CT molecular complexity index is 693. The number of nitrogens with zero attached hydrogens (tertiary/aromatic N) is 2. The topological polar surface area (TPSA) is 61.9 Å². The standard InChI is InChI=1S/C20H27F2N3O3/c1-23-13-14-8-11-24(12-9-14)19(27)16-6-4-10-25(16)18(26)15-5-2-3-7-17(15)28-20(21)22/h2-3,5,7,14,16,20,23H,4,6,8-13H2,1H3. The number of likely N-dealkylation sites (tertiary alicyclic amines) is 2. The summed E-state index contributed by atoms with van der Waals surface area (Å²) >= 11 is 0. The molecule has 1 unspecified atom stereocenters. The minimum absolute atomic E-state index is 0.0407. The maximum atomic E-state index is 13.0. The highest BCUT2D eigenvalue weighted by Gasteiger charge is 2.38. The fourth-order valence-corrected chi connectivity index (χ4v) is 4.12. The van der Waals surface area contributed by atoms with Gasteiger partial charge < -0.3 is 19.9 Å². The summed E-state index contributed by atoms with van der Waals surface area (Å²) < 4.78 is 29.8. The van der Waals surface area contributed by atoms with Crippen molar-refractivity contribution in [3.8, 4) is 5.75 Å². The second-order valence-electron chi connectivity index (χ2n) is 7.36. The summed E-state index contributed by atoms with van der Waals surface area (Å²) in [6.07, 6.45) is 3.20. The van der Waals surface area contributed by atoms with Gasteiger partial charge in [0.25, 0.3) is 5.91 Å². The van der Waals surface area contributed by atoms with Gasteiger partial charge in [-0.25, -0.2) is 0 Å². The molecule has 1 atom stereocenters. The summed E-state index contributed by atoms with van der Waals surface area (Å²) in [5, 5.41) is 3.17. The van der Waals surface area contributed by atoms with Crippen LogP contribution in [0.15, 0.2) is 24.3 Å². The van der Waals surface area contributed by atoms with Crippen LogP contribution >= 0.6 is 0 Å². The fraction of sp³-hybridized carbons (Fsp3) is 0.600. The van der Waals surface area contributed by atoms with Crippen molar-refractivity contribution in [2.45, 2.75) is 38.3 Å². The predicted octanol–water partition coefficient (Wildman–Crippen LogP) is 2.35. The summed E-state index contributed by atoms with van der Waals surface area (Å²) in [5.74, 6) is -0.0691. The van der Waals surface area contributed by atoms with Crippen LogP contribution in [0.4, 0.5) is 8.78 Å². The molecule has 2 aliphatic rings. The van der Waals surface area contributed by atoms with Crippen LogP contribution in [0, 0.1) is 5.92 Å². The number of hydrogen-bond donors (Lipinski definition) is 1. The van der Waals surface area contributed by atoms with E-state index in [1.807, 2.05) is 11.9 Å². The summed E-state index contributed by atoms with van der Waals surface area (Å²) in [6, 6.07) is 5.41. The number of benzene rings is 1. The maximum Gasteiger partial charge on any atom is 0.387 e. The first-order valence-electron chi connectivity index (χ1n) is 9.79. The van der Waals surface area contributed by atoms with Crippen molar-refractivity contribution in [3.63, 3.8) is 0 Å². The van der Waals surface area contributed by atoms with E-state index < -0.39 is 18.6 Å². The van der Waals surface area contributed by atoms with E-state index in [0.29, 0.717) is 32.0 Å². The SMILES string of the molecule is CNCC1CCN(C(=O)C2CCCN2C(=O)c2ccccc2OC(F)F)CC1. The Kier molecular flexibility index (Phi) is 6.83. The van der Waals surface area contributed by atoms with Crippen LogP contribution in [-0.2, 0) is 4.79 Å². The molecule has 2 fully saturated rings. The minimum Gasteiger partial charge on any atom is -0.434 e. The van der Waals surface area contributed by atoms with E-state index in [0.717, 1.165) is 25.8 Å². The fourth-order valence-electron chi connectivity index (χ4n) is 4.12. The van der Waals surface area contributed by atoms with Crippen LogP contribution in [0.3, 0.4) is 0 Å². The van der Waals surface area contributed by atoms with Gasteiger partial charge in [-0.2, -0.15) is 8.78 Å². The van der Waals surface area contributed by atoms with E-state index in [1.165, 1.54) is 23.1 Å². The molecule has 0 saturated carbocycles. The number of piperidine rings is 1. The zero-order chi connectivity index (χ0) is 20.1. The second-order valence-corrected chi connectivity index (χ2v) is 7.36. The Labute approximate surface area is 163 Å². The number of carbonyl (C=O) groups is 2. The number of rotatable bonds is 6. The molecule has 2 aliphatic heterocycles. The molecular formula is C20H27F2N3O3. The van der Waals surface area contributed by atoms with Crippen molar-refractivity contribution >= 4 is 11.8 Å². The Morgan fingerprint density at radius 1 is 1.18 bits per heavy atom. The lowest BCUT2D eigenvalue weighted by Crippen LogP contribution is -2.50. The third-order valence-corrected chi connectivity index (χ3v) is 5.55. The lowest BCUT2D eigenvalue weighted by molar-refractivity contribution is -0.136. The molecule has 2 heterocycles. The second kappa shape index (κ2) is 9.32. The highest BCUT2D eigenvalue weighted by atomic mass is 19.3. The van der Waals surface area contributed by atoms with Gasteiger partial charge in [0, 0.05) is 19.6 Å². The van der Waals surface area contributed by atoms with Crippen LogP contribution in [0.2, 0.25) is 0 Å². The molecule has 2 amide bonds. The number of carbonyl (C=O) groups excluding carboxylic acids is 2. The molecular weight excluding hydrogens is 368 g/mol.